The van der Waals surface area contributed by atoms with Crippen LogP contribution in [0.4, 0.5) is 0 Å². The lowest BCUT2D eigenvalue weighted by Crippen LogP contribution is -2.50. The van der Waals surface area contributed by atoms with E-state index in [1.807, 2.05) is 0 Å². The van der Waals surface area contributed by atoms with Crippen molar-refractivity contribution in [3.8, 4) is 6.07 Å². The van der Waals surface area contributed by atoms with E-state index in [0.29, 0.717) is 12.5 Å². The molecule has 0 spiro atoms. The Bertz CT molecular complexity index is 418. The zero-order valence-electron chi connectivity index (χ0n) is 11.3. The second-order valence-electron chi connectivity index (χ2n) is 5.22. The van der Waals surface area contributed by atoms with E-state index in [9.17, 15) is 0 Å². The summed E-state index contributed by atoms with van der Waals surface area (Å²) < 4.78 is 0. The van der Waals surface area contributed by atoms with Gasteiger partial charge in [-0.15, -0.1) is 0 Å². The monoisotopic (exact) mass is 243 g/mol. The molecule has 0 aliphatic carbocycles. The number of piperazine rings is 1. The van der Waals surface area contributed by atoms with Crippen LogP contribution < -0.4 is 0 Å². The van der Waals surface area contributed by atoms with Gasteiger partial charge in [0.2, 0.25) is 0 Å². The molecular weight excluding hydrogens is 222 g/mol. The molecule has 1 aromatic rings. The highest BCUT2D eigenvalue weighted by Crippen LogP contribution is 2.14. The van der Waals surface area contributed by atoms with Crippen molar-refractivity contribution in [2.75, 3.05) is 26.7 Å². The molecule has 1 heterocycles. The highest BCUT2D eigenvalue weighted by atomic mass is 15.3. The van der Waals surface area contributed by atoms with Gasteiger partial charge in [0.15, 0.2) is 0 Å². The Kier molecular flexibility index (Phi) is 4.35. The summed E-state index contributed by atoms with van der Waals surface area (Å²) >= 11 is 0. The molecule has 96 valence electrons. The van der Waals surface area contributed by atoms with Crippen molar-refractivity contribution in [1.82, 2.24) is 9.80 Å². The topological polar surface area (TPSA) is 30.3 Å². The Morgan fingerprint density at radius 2 is 2.00 bits per heavy atom. The first-order valence-corrected chi connectivity index (χ1v) is 6.54. The van der Waals surface area contributed by atoms with Crippen LogP contribution in [0.25, 0.3) is 0 Å². The largest absolute Gasteiger partial charge is 0.300 e. The minimum Gasteiger partial charge on any atom is -0.300 e. The summed E-state index contributed by atoms with van der Waals surface area (Å²) in [7, 11) is 2.12. The van der Waals surface area contributed by atoms with E-state index in [4.69, 9.17) is 5.26 Å². The second-order valence-corrected chi connectivity index (χ2v) is 5.22. The quantitative estimate of drug-likeness (QED) is 0.813. The Morgan fingerprint density at radius 1 is 1.28 bits per heavy atom. The summed E-state index contributed by atoms with van der Waals surface area (Å²) in [5, 5.41) is 8.85. The maximum atomic E-state index is 8.85. The molecule has 1 fully saturated rings. The number of hydrogen-bond acceptors (Lipinski definition) is 3. The molecule has 1 aromatic carbocycles. The number of benzene rings is 1. The average Bonchev–Trinajstić information content (AvgIpc) is 2.37. The van der Waals surface area contributed by atoms with Crippen LogP contribution in [0.15, 0.2) is 24.3 Å². The van der Waals surface area contributed by atoms with Crippen LogP contribution in [0.3, 0.4) is 0 Å². The van der Waals surface area contributed by atoms with Crippen molar-refractivity contribution in [1.29, 1.82) is 5.26 Å². The zero-order chi connectivity index (χ0) is 13.0. The minimum absolute atomic E-state index is 0.384. The van der Waals surface area contributed by atoms with Gasteiger partial charge in [0.25, 0.3) is 0 Å². The van der Waals surface area contributed by atoms with Crippen molar-refractivity contribution in [3.63, 3.8) is 0 Å². The van der Waals surface area contributed by atoms with E-state index in [1.54, 1.807) is 0 Å². The molecule has 1 unspecified atom stereocenters. The molecule has 1 atom stereocenters. The van der Waals surface area contributed by atoms with Gasteiger partial charge in [-0.25, -0.2) is 0 Å². The number of nitrogens with zero attached hydrogens (tertiary/aromatic N) is 3. The average molecular weight is 243 g/mol. The van der Waals surface area contributed by atoms with E-state index in [0.717, 1.165) is 26.2 Å². The van der Waals surface area contributed by atoms with Crippen molar-refractivity contribution < 1.29 is 0 Å². The van der Waals surface area contributed by atoms with E-state index in [2.05, 4.69) is 54.1 Å². The van der Waals surface area contributed by atoms with E-state index < -0.39 is 0 Å². The van der Waals surface area contributed by atoms with Crippen LogP contribution in [0, 0.1) is 18.3 Å². The van der Waals surface area contributed by atoms with Crippen molar-refractivity contribution in [2.45, 2.75) is 25.9 Å². The van der Waals surface area contributed by atoms with E-state index in [1.165, 1.54) is 11.1 Å². The summed E-state index contributed by atoms with van der Waals surface area (Å²) in [5.74, 6) is 0. The summed E-state index contributed by atoms with van der Waals surface area (Å²) in [6, 6.07) is 11.4. The molecule has 1 saturated heterocycles. The first-order valence-electron chi connectivity index (χ1n) is 6.54. The van der Waals surface area contributed by atoms with Crippen LogP contribution in [0.5, 0.6) is 0 Å². The zero-order valence-corrected chi connectivity index (χ0v) is 11.3. The third-order valence-electron chi connectivity index (χ3n) is 3.71. The van der Waals surface area contributed by atoms with Gasteiger partial charge in [0.1, 0.15) is 0 Å². The van der Waals surface area contributed by atoms with E-state index >= 15 is 0 Å². The number of rotatable bonds is 3. The number of nitriles is 1. The first-order chi connectivity index (χ1) is 8.69. The maximum absolute atomic E-state index is 8.85. The molecule has 1 aliphatic heterocycles. The van der Waals surface area contributed by atoms with Crippen LogP contribution in [-0.2, 0) is 6.54 Å². The molecule has 0 N–H and O–H groups in total. The van der Waals surface area contributed by atoms with Crippen LogP contribution in [0.2, 0.25) is 0 Å². The summed E-state index contributed by atoms with van der Waals surface area (Å²) in [5.41, 5.74) is 2.67. The number of likely N-dealkylation sites (N-methyl/N-ethyl adjacent to an activating group) is 1. The molecule has 2 rings (SSSR count). The predicted octanol–water partition coefficient (Wildman–Crippen LogP) is 2.02. The summed E-state index contributed by atoms with van der Waals surface area (Å²) in [6.07, 6.45) is 0.626. The van der Waals surface area contributed by atoms with E-state index in [-0.39, 0.29) is 0 Å². The highest BCUT2D eigenvalue weighted by molar-refractivity contribution is 5.21. The standard InChI is InChI=1S/C15H21N3/c1-13-3-5-14(6-4-13)11-18-10-9-17(2)15(12-18)7-8-16/h3-6,15H,7,9-12H2,1-2H3. The Labute approximate surface area is 110 Å². The van der Waals surface area contributed by atoms with Crippen molar-refractivity contribution in [3.05, 3.63) is 35.4 Å². The van der Waals surface area contributed by atoms with Gasteiger partial charge in [0.05, 0.1) is 12.5 Å². The molecule has 0 amide bonds. The third kappa shape index (κ3) is 3.32. The summed E-state index contributed by atoms with van der Waals surface area (Å²) in [4.78, 5) is 4.75. The lowest BCUT2D eigenvalue weighted by atomic mass is 10.1. The van der Waals surface area contributed by atoms with Gasteiger partial charge in [0, 0.05) is 32.2 Å². The molecule has 3 nitrogen and oxygen atoms in total. The minimum atomic E-state index is 0.384. The molecular formula is C15H21N3. The molecule has 1 aliphatic rings. The Hall–Kier alpha value is -1.37. The summed E-state index contributed by atoms with van der Waals surface area (Å²) in [6.45, 7) is 6.25. The normalized spacial score (nSPS) is 21.7. The molecule has 0 bridgehead atoms. The molecule has 0 radical (unpaired) electrons. The van der Waals surface area contributed by atoms with Crippen molar-refractivity contribution >= 4 is 0 Å². The van der Waals surface area contributed by atoms with Gasteiger partial charge >= 0.3 is 0 Å². The van der Waals surface area contributed by atoms with Crippen molar-refractivity contribution in [2.24, 2.45) is 0 Å². The molecule has 18 heavy (non-hydrogen) atoms. The van der Waals surface area contributed by atoms with Gasteiger partial charge < -0.3 is 0 Å². The van der Waals surface area contributed by atoms with Gasteiger partial charge in [-0.1, -0.05) is 29.8 Å². The van der Waals surface area contributed by atoms with Gasteiger partial charge in [-0.05, 0) is 19.5 Å². The fourth-order valence-corrected chi connectivity index (χ4v) is 2.43. The third-order valence-corrected chi connectivity index (χ3v) is 3.71. The smallest absolute Gasteiger partial charge is 0.0638 e. The fraction of sp³-hybridized carbons (Fsp3) is 0.533. The molecule has 0 saturated carbocycles. The fourth-order valence-electron chi connectivity index (χ4n) is 2.43. The lowest BCUT2D eigenvalue weighted by Gasteiger charge is -2.38. The van der Waals surface area contributed by atoms with Crippen LogP contribution >= 0.6 is 0 Å². The second kappa shape index (κ2) is 5.99. The Balaban J connectivity index is 1.94. The first kappa shape index (κ1) is 13.1. The van der Waals surface area contributed by atoms with Crippen LogP contribution in [0.1, 0.15) is 17.5 Å². The predicted molar refractivity (Wildman–Crippen MR) is 73.1 cm³/mol. The molecule has 0 aromatic heterocycles. The maximum Gasteiger partial charge on any atom is 0.0638 e. The van der Waals surface area contributed by atoms with Gasteiger partial charge in [-0.3, -0.25) is 9.80 Å². The highest BCUT2D eigenvalue weighted by Gasteiger charge is 2.23. The lowest BCUT2D eigenvalue weighted by molar-refractivity contribution is 0.0927. The molecule has 3 heteroatoms. The Morgan fingerprint density at radius 3 is 2.67 bits per heavy atom. The van der Waals surface area contributed by atoms with Gasteiger partial charge in [-0.2, -0.15) is 5.26 Å². The van der Waals surface area contributed by atoms with Crippen LogP contribution in [-0.4, -0.2) is 42.5 Å². The SMILES string of the molecule is Cc1ccc(CN2CCN(C)C(CC#N)C2)cc1. The number of hydrogen-bond donors (Lipinski definition) is 0. The number of aryl methyl sites for hydroxylation is 1.